The zero-order valence-corrected chi connectivity index (χ0v) is 21.0. The van der Waals surface area contributed by atoms with Crippen molar-refractivity contribution in [3.8, 4) is 0 Å². The maximum Gasteiger partial charge on any atom is 0.438 e. The SMILES string of the molecule is O=S(=O)(O)C(F)(F)C(F)(F)C(F)(F)C(F)(F)C(F)(F)C(F)(F)C(F)(F)C(F)(F)C(F)(F)C(F)(F)C(F)C(F)(F)F.c1ccncc1. The summed E-state index contributed by atoms with van der Waals surface area (Å²) >= 11 is 0. The lowest BCUT2D eigenvalue weighted by atomic mass is 9.85. The van der Waals surface area contributed by atoms with Crippen LogP contribution in [0.4, 0.5) is 105 Å². The molecule has 0 bridgehead atoms. The molecule has 1 rings (SSSR count). The molecule has 0 fully saturated rings. The molecule has 4 nitrogen and oxygen atoms in total. The van der Waals surface area contributed by atoms with Crippen molar-refractivity contribution in [3.05, 3.63) is 30.6 Å². The lowest BCUT2D eigenvalue weighted by molar-refractivity contribution is -0.470. The molecule has 1 aromatic rings. The second-order valence-electron chi connectivity index (χ2n) is 8.14. The van der Waals surface area contributed by atoms with E-state index in [2.05, 4.69) is 4.98 Å². The van der Waals surface area contributed by atoms with Gasteiger partial charge in [0, 0.05) is 12.4 Å². The van der Waals surface area contributed by atoms with E-state index in [-0.39, 0.29) is 0 Å². The van der Waals surface area contributed by atoms with E-state index in [0.717, 1.165) is 0 Å². The monoisotopic (exact) mass is 761 g/mol. The van der Waals surface area contributed by atoms with Gasteiger partial charge in [-0.15, -0.1) is 0 Å². The molecule has 0 aliphatic carbocycles. The third-order valence-corrected chi connectivity index (χ3v) is 5.94. The van der Waals surface area contributed by atoms with Gasteiger partial charge in [-0.05, 0) is 12.1 Å². The van der Waals surface area contributed by atoms with Crippen molar-refractivity contribution in [3.63, 3.8) is 0 Å². The number of halogens is 24. The Morgan fingerprint density at radius 3 is 0.913 bits per heavy atom. The van der Waals surface area contributed by atoms with E-state index in [0.29, 0.717) is 0 Å². The highest BCUT2D eigenvalue weighted by Crippen LogP contribution is 2.67. The fourth-order valence-corrected chi connectivity index (χ4v) is 2.87. The Kier molecular flexibility index (Phi) is 11.1. The molecule has 0 saturated heterocycles. The van der Waals surface area contributed by atoms with Crippen LogP contribution in [0.5, 0.6) is 0 Å². The lowest BCUT2D eigenvalue weighted by Crippen LogP contribution is -2.77. The van der Waals surface area contributed by atoms with Crippen molar-refractivity contribution in [2.75, 3.05) is 0 Å². The first-order valence-electron chi connectivity index (χ1n) is 9.96. The molecule has 0 radical (unpaired) electrons. The summed E-state index contributed by atoms with van der Waals surface area (Å²) in [4.78, 5) is 3.78. The molecule has 1 unspecified atom stereocenters. The van der Waals surface area contributed by atoms with Crippen molar-refractivity contribution in [2.24, 2.45) is 0 Å². The van der Waals surface area contributed by atoms with E-state index in [1.54, 1.807) is 12.4 Å². The number of alkyl halides is 24. The predicted octanol–water partition coefficient (Wildman–Crippen LogP) is 8.17. The van der Waals surface area contributed by atoms with Gasteiger partial charge in [0.15, 0.2) is 0 Å². The Morgan fingerprint density at radius 1 is 0.457 bits per heavy atom. The second kappa shape index (κ2) is 11.8. The van der Waals surface area contributed by atoms with Gasteiger partial charge in [-0.3, -0.25) is 9.54 Å². The number of hydrogen-bond donors (Lipinski definition) is 1. The zero-order chi connectivity index (χ0) is 37.8. The zero-order valence-electron chi connectivity index (χ0n) is 20.2. The minimum Gasteiger partial charge on any atom is -0.281 e. The van der Waals surface area contributed by atoms with E-state index < -0.39 is 81.0 Å². The summed E-state index contributed by atoms with van der Waals surface area (Å²) in [5, 5.41) is -8.17. The summed E-state index contributed by atoms with van der Waals surface area (Å²) < 4.78 is 342. The Balaban J connectivity index is 0.00000299. The minimum atomic E-state index is -9.62. The van der Waals surface area contributed by atoms with Crippen molar-refractivity contribution >= 4 is 10.1 Å². The van der Waals surface area contributed by atoms with Crippen LogP contribution >= 0.6 is 0 Å². The van der Waals surface area contributed by atoms with E-state index in [4.69, 9.17) is 4.55 Å². The van der Waals surface area contributed by atoms with Gasteiger partial charge in [0.05, 0.1) is 0 Å². The summed E-state index contributed by atoms with van der Waals surface area (Å²) in [6.45, 7) is 0. The van der Waals surface area contributed by atoms with Gasteiger partial charge in [-0.1, -0.05) is 6.07 Å². The average Bonchev–Trinajstić information content (AvgIpc) is 2.87. The van der Waals surface area contributed by atoms with Crippen molar-refractivity contribution in [1.82, 2.24) is 4.98 Å². The van der Waals surface area contributed by atoms with Crippen LogP contribution in [0.2, 0.25) is 0 Å². The number of nitrogens with zero attached hydrogens (tertiary/aromatic N) is 1. The Hall–Kier alpha value is -2.62. The molecule has 0 saturated carbocycles. The van der Waals surface area contributed by atoms with E-state index in [1.807, 2.05) is 18.2 Å². The van der Waals surface area contributed by atoms with Gasteiger partial charge in [0.2, 0.25) is 0 Å². The summed E-state index contributed by atoms with van der Waals surface area (Å²) in [6, 6.07) is 5.72. The van der Waals surface area contributed by atoms with Crippen molar-refractivity contribution in [1.29, 1.82) is 0 Å². The molecule has 0 spiro atoms. The van der Waals surface area contributed by atoms with Crippen LogP contribution < -0.4 is 0 Å². The van der Waals surface area contributed by atoms with Crippen LogP contribution in [0.25, 0.3) is 0 Å². The van der Waals surface area contributed by atoms with Gasteiger partial charge < -0.3 is 0 Å². The molecule has 272 valence electrons. The number of aromatic nitrogens is 1. The van der Waals surface area contributed by atoms with Crippen LogP contribution in [0, 0.1) is 0 Å². The minimum absolute atomic E-state index is 1.75. The maximum absolute atomic E-state index is 13.5. The molecule has 1 atom stereocenters. The Bertz CT molecular complexity index is 1270. The number of pyridine rings is 1. The summed E-state index contributed by atoms with van der Waals surface area (Å²) in [5.41, 5.74) is 0. The molecule has 1 N–H and O–H groups in total. The first-order valence-corrected chi connectivity index (χ1v) is 11.4. The number of hydrogen-bond acceptors (Lipinski definition) is 3. The van der Waals surface area contributed by atoms with Crippen LogP contribution in [0.15, 0.2) is 30.6 Å². The quantitative estimate of drug-likeness (QED) is 0.183. The number of rotatable bonds is 11. The summed E-state index contributed by atoms with van der Waals surface area (Å²) in [5.74, 6) is -83.2. The molecule has 1 aromatic heterocycles. The molecule has 0 aliphatic heterocycles. The van der Waals surface area contributed by atoms with E-state index in [1.165, 1.54) is 0 Å². The third kappa shape index (κ3) is 6.08. The first-order chi connectivity index (χ1) is 19.7. The fraction of sp³-hybridized carbons (Fsp3) is 0.706. The molecule has 0 aromatic carbocycles. The van der Waals surface area contributed by atoms with Crippen molar-refractivity contribution in [2.45, 2.75) is 70.9 Å². The topological polar surface area (TPSA) is 67.3 Å². The van der Waals surface area contributed by atoms with E-state index in [9.17, 15) is 114 Å². The third-order valence-electron chi connectivity index (χ3n) is 5.04. The van der Waals surface area contributed by atoms with Crippen LogP contribution in [-0.4, -0.2) is 88.9 Å². The molecule has 46 heavy (non-hydrogen) atoms. The molecule has 1 heterocycles. The predicted molar refractivity (Wildman–Crippen MR) is 96.2 cm³/mol. The molecule has 29 heteroatoms. The van der Waals surface area contributed by atoms with Crippen LogP contribution in [0.3, 0.4) is 0 Å². The Labute approximate surface area is 236 Å². The largest absolute Gasteiger partial charge is 0.438 e. The normalized spacial score (nSPS) is 16.5. The summed E-state index contributed by atoms with van der Waals surface area (Å²) in [7, 11) is -8.20. The van der Waals surface area contributed by atoms with Gasteiger partial charge >= 0.3 is 74.9 Å². The molecule has 0 amide bonds. The van der Waals surface area contributed by atoms with Crippen LogP contribution in [-0.2, 0) is 10.1 Å². The maximum atomic E-state index is 13.5. The second-order valence-corrected chi connectivity index (χ2v) is 9.60. The molecular weight excluding hydrogens is 754 g/mol. The highest BCUT2D eigenvalue weighted by molar-refractivity contribution is 7.87. The van der Waals surface area contributed by atoms with Gasteiger partial charge in [0.25, 0.3) is 6.17 Å². The molecular formula is C17H7F24NO3S. The van der Waals surface area contributed by atoms with E-state index >= 15 is 0 Å². The smallest absolute Gasteiger partial charge is 0.281 e. The van der Waals surface area contributed by atoms with Gasteiger partial charge in [0.1, 0.15) is 0 Å². The van der Waals surface area contributed by atoms with Crippen molar-refractivity contribution < 1.29 is 118 Å². The average molecular weight is 761 g/mol. The molecule has 0 aliphatic rings. The first kappa shape index (κ1) is 43.4. The Morgan fingerprint density at radius 2 is 0.717 bits per heavy atom. The fourth-order valence-electron chi connectivity index (χ4n) is 2.41. The highest BCUT2D eigenvalue weighted by Gasteiger charge is 2.98. The highest BCUT2D eigenvalue weighted by atomic mass is 32.2. The van der Waals surface area contributed by atoms with Gasteiger partial charge in [-0.25, -0.2) is 4.39 Å². The van der Waals surface area contributed by atoms with Crippen LogP contribution in [0.1, 0.15) is 0 Å². The van der Waals surface area contributed by atoms with Gasteiger partial charge in [-0.2, -0.15) is 109 Å². The standard InChI is InChI=1S/C12H2F24O3S.C5H5N/c13-1(3(16,17)18)2(14,15)4(19,20)5(21,22)6(23,24)7(25,26)8(27,28)9(29,30)10(31,32)11(33,34)12(35,36)40(37,38)39;1-2-4-6-5-3-1/h1H,(H,37,38,39);1-5H. The summed E-state index contributed by atoms with van der Waals surface area (Å²) in [6.07, 6.45) is -10.8. The lowest BCUT2D eigenvalue weighted by Gasteiger charge is -2.45.